The number of benzene rings is 1. The van der Waals surface area contributed by atoms with E-state index in [1.807, 2.05) is 30.5 Å². The van der Waals surface area contributed by atoms with Crippen LogP contribution in [0.2, 0.25) is 0 Å². The number of hydrazone groups is 1. The van der Waals surface area contributed by atoms with Crippen LogP contribution in [-0.2, 0) is 0 Å². The van der Waals surface area contributed by atoms with Gasteiger partial charge in [-0.1, -0.05) is 6.07 Å². The van der Waals surface area contributed by atoms with E-state index in [1.165, 1.54) is 11.3 Å². The van der Waals surface area contributed by atoms with Crippen molar-refractivity contribution in [2.45, 2.75) is 6.92 Å². The molecule has 6 heteroatoms. The Kier molecular flexibility index (Phi) is 5.34. The van der Waals surface area contributed by atoms with Gasteiger partial charge in [-0.2, -0.15) is 5.10 Å². The fourth-order valence-electron chi connectivity index (χ4n) is 1.67. The van der Waals surface area contributed by atoms with Crippen molar-refractivity contribution in [2.24, 2.45) is 5.10 Å². The Morgan fingerprint density at radius 2 is 2.24 bits per heavy atom. The van der Waals surface area contributed by atoms with Crippen molar-refractivity contribution < 1.29 is 14.3 Å². The average Bonchev–Trinajstić information content (AvgIpc) is 3.02. The van der Waals surface area contributed by atoms with Gasteiger partial charge in [-0.3, -0.25) is 4.79 Å². The maximum Gasteiger partial charge on any atom is 0.281 e. The van der Waals surface area contributed by atoms with E-state index in [-0.39, 0.29) is 5.91 Å². The van der Waals surface area contributed by atoms with Crippen molar-refractivity contribution in [1.29, 1.82) is 0 Å². The molecule has 0 aliphatic heterocycles. The quantitative estimate of drug-likeness (QED) is 0.659. The maximum atomic E-state index is 11.7. The van der Waals surface area contributed by atoms with E-state index in [0.717, 1.165) is 5.56 Å². The minimum atomic E-state index is -0.222. The van der Waals surface area contributed by atoms with Gasteiger partial charge in [-0.15, -0.1) is 11.3 Å². The Balaban J connectivity index is 2.03. The zero-order valence-corrected chi connectivity index (χ0v) is 12.6. The number of carbonyl (C=O) groups excluding carboxylic acids is 1. The number of ether oxygens (including phenoxy) is 2. The molecule has 1 heterocycles. The van der Waals surface area contributed by atoms with Gasteiger partial charge in [0.25, 0.3) is 5.91 Å². The molecule has 0 aliphatic rings. The SMILES string of the molecule is CCOc1cc(/C=N/NC(=O)c2cccs2)ccc1OC. The molecule has 0 radical (unpaired) electrons. The summed E-state index contributed by atoms with van der Waals surface area (Å²) in [5.74, 6) is 1.09. The molecule has 0 unspecified atom stereocenters. The molecule has 1 amide bonds. The molecule has 1 aromatic carbocycles. The molecule has 110 valence electrons. The van der Waals surface area contributed by atoms with Gasteiger partial charge in [-0.05, 0) is 42.1 Å². The number of hydrogen-bond acceptors (Lipinski definition) is 5. The average molecular weight is 304 g/mol. The highest BCUT2D eigenvalue weighted by molar-refractivity contribution is 7.12. The summed E-state index contributed by atoms with van der Waals surface area (Å²) in [6.45, 7) is 2.45. The first-order valence-electron chi connectivity index (χ1n) is 6.42. The first-order chi connectivity index (χ1) is 10.2. The van der Waals surface area contributed by atoms with E-state index in [9.17, 15) is 4.79 Å². The molecule has 5 nitrogen and oxygen atoms in total. The van der Waals surface area contributed by atoms with Crippen LogP contribution in [0.15, 0.2) is 40.8 Å². The second-order valence-electron chi connectivity index (χ2n) is 4.02. The summed E-state index contributed by atoms with van der Waals surface area (Å²) in [6, 6.07) is 9.01. The van der Waals surface area contributed by atoms with Crippen LogP contribution in [0.1, 0.15) is 22.2 Å². The fourth-order valence-corrected chi connectivity index (χ4v) is 2.28. The Morgan fingerprint density at radius 3 is 2.90 bits per heavy atom. The largest absolute Gasteiger partial charge is 0.493 e. The first-order valence-corrected chi connectivity index (χ1v) is 7.30. The van der Waals surface area contributed by atoms with Gasteiger partial charge in [0.15, 0.2) is 11.5 Å². The number of thiophene rings is 1. The minimum absolute atomic E-state index is 0.222. The monoisotopic (exact) mass is 304 g/mol. The zero-order chi connectivity index (χ0) is 15.1. The molecule has 1 N–H and O–H groups in total. The van der Waals surface area contributed by atoms with Gasteiger partial charge >= 0.3 is 0 Å². The molecule has 0 saturated carbocycles. The van der Waals surface area contributed by atoms with E-state index in [2.05, 4.69) is 10.5 Å². The molecule has 21 heavy (non-hydrogen) atoms. The lowest BCUT2D eigenvalue weighted by Gasteiger charge is -2.09. The summed E-state index contributed by atoms with van der Waals surface area (Å²) >= 11 is 1.37. The summed E-state index contributed by atoms with van der Waals surface area (Å²) in [5.41, 5.74) is 3.29. The summed E-state index contributed by atoms with van der Waals surface area (Å²) < 4.78 is 10.7. The molecule has 1 aromatic heterocycles. The highest BCUT2D eigenvalue weighted by atomic mass is 32.1. The van der Waals surface area contributed by atoms with E-state index < -0.39 is 0 Å². The van der Waals surface area contributed by atoms with Gasteiger partial charge in [0.1, 0.15) is 0 Å². The molecular weight excluding hydrogens is 288 g/mol. The zero-order valence-electron chi connectivity index (χ0n) is 11.8. The molecule has 0 aliphatic carbocycles. The van der Waals surface area contributed by atoms with Gasteiger partial charge in [0.05, 0.1) is 24.8 Å². The van der Waals surface area contributed by atoms with Crippen LogP contribution < -0.4 is 14.9 Å². The van der Waals surface area contributed by atoms with Gasteiger partial charge in [0.2, 0.25) is 0 Å². The van der Waals surface area contributed by atoms with E-state index in [4.69, 9.17) is 9.47 Å². The number of amides is 1. The first kappa shape index (κ1) is 15.1. The Morgan fingerprint density at radius 1 is 1.38 bits per heavy atom. The summed E-state index contributed by atoms with van der Waals surface area (Å²) in [5, 5.41) is 5.78. The third-order valence-electron chi connectivity index (χ3n) is 2.61. The smallest absolute Gasteiger partial charge is 0.281 e. The molecule has 0 bridgehead atoms. The van der Waals surface area contributed by atoms with E-state index in [0.29, 0.717) is 23.0 Å². The molecule has 2 aromatic rings. The van der Waals surface area contributed by atoms with E-state index in [1.54, 1.807) is 25.5 Å². The van der Waals surface area contributed by atoms with Gasteiger partial charge < -0.3 is 9.47 Å². The summed E-state index contributed by atoms with van der Waals surface area (Å²) in [6.07, 6.45) is 1.56. The number of methoxy groups -OCH3 is 1. The second-order valence-corrected chi connectivity index (χ2v) is 4.97. The van der Waals surface area contributed by atoms with Crippen LogP contribution in [0.5, 0.6) is 11.5 Å². The van der Waals surface area contributed by atoms with Gasteiger partial charge in [-0.25, -0.2) is 5.43 Å². The number of nitrogens with zero attached hydrogens (tertiary/aromatic N) is 1. The van der Waals surface area contributed by atoms with Crippen molar-refractivity contribution in [1.82, 2.24) is 5.43 Å². The van der Waals surface area contributed by atoms with Crippen molar-refractivity contribution in [3.8, 4) is 11.5 Å². The van der Waals surface area contributed by atoms with Crippen molar-refractivity contribution in [3.05, 3.63) is 46.2 Å². The number of nitrogens with one attached hydrogen (secondary N) is 1. The molecule has 2 rings (SSSR count). The van der Waals surface area contributed by atoms with Crippen LogP contribution in [0.25, 0.3) is 0 Å². The predicted molar refractivity (Wildman–Crippen MR) is 83.5 cm³/mol. The Bertz CT molecular complexity index is 624. The van der Waals surface area contributed by atoms with Crippen LogP contribution in [0, 0.1) is 0 Å². The molecule has 0 fully saturated rings. The normalized spacial score (nSPS) is 10.6. The summed E-state index contributed by atoms with van der Waals surface area (Å²) in [7, 11) is 1.59. The van der Waals surface area contributed by atoms with Crippen LogP contribution in [0.3, 0.4) is 0 Å². The molecule has 0 spiro atoms. The predicted octanol–water partition coefficient (Wildman–Crippen LogP) is 2.92. The molecule has 0 atom stereocenters. The standard InChI is InChI=1S/C15H16N2O3S/c1-3-20-13-9-11(6-7-12(13)19-2)10-16-17-15(18)14-5-4-8-21-14/h4-10H,3H2,1-2H3,(H,17,18)/b16-10+. The van der Waals surface area contributed by atoms with Crippen molar-refractivity contribution >= 4 is 23.5 Å². The minimum Gasteiger partial charge on any atom is -0.493 e. The fraction of sp³-hybridized carbons (Fsp3) is 0.200. The van der Waals surface area contributed by atoms with Crippen LogP contribution in [0.4, 0.5) is 0 Å². The Hall–Kier alpha value is -2.34. The topological polar surface area (TPSA) is 59.9 Å². The van der Waals surface area contributed by atoms with Crippen LogP contribution >= 0.6 is 11.3 Å². The number of hydrogen-bond donors (Lipinski definition) is 1. The molecular formula is C15H16N2O3S. The van der Waals surface area contributed by atoms with Gasteiger partial charge in [0, 0.05) is 0 Å². The maximum absolute atomic E-state index is 11.7. The van der Waals surface area contributed by atoms with E-state index >= 15 is 0 Å². The lowest BCUT2D eigenvalue weighted by Crippen LogP contribution is -2.16. The Labute approximate surface area is 127 Å². The molecule has 0 saturated heterocycles. The summed E-state index contributed by atoms with van der Waals surface area (Å²) in [4.78, 5) is 12.3. The van der Waals surface area contributed by atoms with Crippen molar-refractivity contribution in [2.75, 3.05) is 13.7 Å². The lowest BCUT2D eigenvalue weighted by molar-refractivity contribution is 0.0959. The number of rotatable bonds is 6. The highest BCUT2D eigenvalue weighted by Gasteiger charge is 2.05. The highest BCUT2D eigenvalue weighted by Crippen LogP contribution is 2.27. The third kappa shape index (κ3) is 4.06. The van der Waals surface area contributed by atoms with Crippen molar-refractivity contribution in [3.63, 3.8) is 0 Å². The number of carbonyl (C=O) groups is 1. The lowest BCUT2D eigenvalue weighted by atomic mass is 10.2. The second kappa shape index (κ2) is 7.44. The third-order valence-corrected chi connectivity index (χ3v) is 3.48. The van der Waals surface area contributed by atoms with Crippen LogP contribution in [-0.4, -0.2) is 25.8 Å².